The topological polar surface area (TPSA) is 80.2 Å². The summed E-state index contributed by atoms with van der Waals surface area (Å²) in [5, 5.41) is 3.37. The molecule has 0 aromatic heterocycles. The highest BCUT2D eigenvalue weighted by atomic mass is 32.2. The number of rotatable bonds is 7. The molecule has 1 fully saturated rings. The second-order valence-corrected chi connectivity index (χ2v) is 8.93. The van der Waals surface area contributed by atoms with Crippen LogP contribution in [0.25, 0.3) is 6.08 Å². The van der Waals surface area contributed by atoms with Gasteiger partial charge in [-0.05, 0) is 80.4 Å². The third-order valence-electron chi connectivity index (χ3n) is 4.90. The number of hydrogen-bond donors (Lipinski definition) is 1. The summed E-state index contributed by atoms with van der Waals surface area (Å²) in [5.74, 6) is 0.645. The lowest BCUT2D eigenvalue weighted by atomic mass is 10.1. The van der Waals surface area contributed by atoms with E-state index in [1.54, 1.807) is 39.2 Å². The molecule has 7 nitrogen and oxygen atoms in total. The maximum absolute atomic E-state index is 12.5. The number of ether oxygens (including phenoxy) is 2. The lowest BCUT2D eigenvalue weighted by Gasteiger charge is -2.20. The monoisotopic (exact) mass is 467 g/mol. The van der Waals surface area contributed by atoms with Gasteiger partial charge in [-0.3, -0.25) is 9.59 Å². The van der Waals surface area contributed by atoms with Crippen molar-refractivity contribution in [2.75, 3.05) is 20.7 Å². The smallest absolute Gasteiger partial charge is 0.264 e. The Bertz CT molecular complexity index is 1120. The summed E-state index contributed by atoms with van der Waals surface area (Å²) in [6, 6.07) is 11.4. The first-order valence-electron chi connectivity index (χ1n) is 10.7. The molecular weight excluding hydrogens is 438 g/mol. The third kappa shape index (κ3) is 6.16. The Kier molecular flexibility index (Phi) is 7.81. The SMILES string of the molecule is CCOc1cc(/C=C2\SC(=Nc3cc(C)ccc3C)NC2=O)ccc1OC(C)C(=O)N(C)C. The van der Waals surface area contributed by atoms with E-state index >= 15 is 0 Å². The summed E-state index contributed by atoms with van der Waals surface area (Å²) in [4.78, 5) is 31.3. The van der Waals surface area contributed by atoms with Crippen molar-refractivity contribution < 1.29 is 19.1 Å². The molecule has 2 aromatic rings. The standard InChI is InChI=1S/C25H29N3O4S/c1-7-31-21-13-18(10-11-20(21)32-17(4)24(30)28(5)6)14-22-23(29)27-25(33-22)26-19-12-15(2)8-9-16(19)3/h8-14,17H,7H2,1-6H3,(H,26,27,29)/b22-14-. The molecule has 1 N–H and O–H groups in total. The number of thioether (sulfide) groups is 1. The molecule has 1 unspecified atom stereocenters. The van der Waals surface area contributed by atoms with E-state index in [1.165, 1.54) is 16.7 Å². The predicted molar refractivity (Wildman–Crippen MR) is 133 cm³/mol. The molecule has 2 aromatic carbocycles. The van der Waals surface area contributed by atoms with E-state index < -0.39 is 6.10 Å². The average molecular weight is 468 g/mol. The van der Waals surface area contributed by atoms with Crippen LogP contribution in [0.4, 0.5) is 5.69 Å². The number of carbonyl (C=O) groups is 2. The largest absolute Gasteiger partial charge is 0.490 e. The Balaban J connectivity index is 1.83. The number of likely N-dealkylation sites (N-methyl/N-ethyl adjacent to an activating group) is 1. The van der Waals surface area contributed by atoms with E-state index in [2.05, 4.69) is 10.3 Å². The minimum Gasteiger partial charge on any atom is -0.490 e. The van der Waals surface area contributed by atoms with Gasteiger partial charge in [-0.15, -0.1) is 0 Å². The second-order valence-electron chi connectivity index (χ2n) is 7.90. The molecule has 1 aliphatic heterocycles. The number of carbonyl (C=O) groups excluding carboxylic acids is 2. The van der Waals surface area contributed by atoms with Gasteiger partial charge in [-0.1, -0.05) is 18.2 Å². The van der Waals surface area contributed by atoms with Gasteiger partial charge < -0.3 is 19.7 Å². The van der Waals surface area contributed by atoms with Crippen LogP contribution in [0.15, 0.2) is 46.3 Å². The van der Waals surface area contributed by atoms with Crippen LogP contribution in [0.2, 0.25) is 0 Å². The highest BCUT2D eigenvalue weighted by Gasteiger charge is 2.24. The van der Waals surface area contributed by atoms with E-state index in [9.17, 15) is 9.59 Å². The van der Waals surface area contributed by atoms with Crippen molar-refractivity contribution in [3.05, 3.63) is 58.0 Å². The fourth-order valence-corrected chi connectivity index (χ4v) is 4.00. The fraction of sp³-hybridized carbons (Fsp3) is 0.320. The minimum atomic E-state index is -0.650. The van der Waals surface area contributed by atoms with Crippen molar-refractivity contribution in [3.63, 3.8) is 0 Å². The summed E-state index contributed by atoms with van der Waals surface area (Å²) in [6.07, 6.45) is 1.13. The van der Waals surface area contributed by atoms with Crippen LogP contribution in [0.3, 0.4) is 0 Å². The maximum Gasteiger partial charge on any atom is 0.264 e. The van der Waals surface area contributed by atoms with Crippen LogP contribution in [0, 0.1) is 13.8 Å². The van der Waals surface area contributed by atoms with Gasteiger partial charge in [0, 0.05) is 14.1 Å². The highest BCUT2D eigenvalue weighted by Crippen LogP contribution is 2.33. The number of amides is 2. The van der Waals surface area contributed by atoms with Crippen LogP contribution in [0.5, 0.6) is 11.5 Å². The molecule has 33 heavy (non-hydrogen) atoms. The van der Waals surface area contributed by atoms with E-state index in [0.717, 1.165) is 22.4 Å². The van der Waals surface area contributed by atoms with E-state index in [-0.39, 0.29) is 11.8 Å². The van der Waals surface area contributed by atoms with Crippen LogP contribution in [-0.2, 0) is 9.59 Å². The molecule has 1 atom stereocenters. The minimum absolute atomic E-state index is 0.140. The molecule has 0 aliphatic carbocycles. The first kappa shape index (κ1) is 24.4. The number of amidine groups is 1. The third-order valence-corrected chi connectivity index (χ3v) is 5.81. The zero-order valence-electron chi connectivity index (χ0n) is 19.8. The molecule has 2 amide bonds. The number of hydrogen-bond acceptors (Lipinski definition) is 6. The first-order valence-corrected chi connectivity index (χ1v) is 11.5. The van der Waals surface area contributed by atoms with Crippen LogP contribution in [-0.4, -0.2) is 48.7 Å². The van der Waals surface area contributed by atoms with E-state index in [0.29, 0.717) is 28.2 Å². The van der Waals surface area contributed by atoms with Crippen molar-refractivity contribution >= 4 is 40.5 Å². The van der Waals surface area contributed by atoms with Gasteiger partial charge in [0.25, 0.3) is 11.8 Å². The fourth-order valence-electron chi connectivity index (χ4n) is 3.17. The molecule has 0 saturated carbocycles. The van der Waals surface area contributed by atoms with Gasteiger partial charge >= 0.3 is 0 Å². The van der Waals surface area contributed by atoms with Gasteiger partial charge in [-0.25, -0.2) is 4.99 Å². The van der Waals surface area contributed by atoms with Gasteiger partial charge in [0.05, 0.1) is 17.2 Å². The quantitative estimate of drug-likeness (QED) is 0.609. The number of aryl methyl sites for hydroxylation is 2. The molecule has 1 aliphatic rings. The lowest BCUT2D eigenvalue weighted by molar-refractivity contribution is -0.135. The highest BCUT2D eigenvalue weighted by molar-refractivity contribution is 8.18. The second kappa shape index (κ2) is 10.6. The number of nitrogens with one attached hydrogen (secondary N) is 1. The van der Waals surface area contributed by atoms with Crippen LogP contribution in [0.1, 0.15) is 30.5 Å². The Morgan fingerprint density at radius 1 is 1.18 bits per heavy atom. The number of nitrogens with zero attached hydrogens (tertiary/aromatic N) is 2. The van der Waals surface area contributed by atoms with Crippen molar-refractivity contribution in [1.29, 1.82) is 0 Å². The average Bonchev–Trinajstić information content (AvgIpc) is 3.10. The van der Waals surface area contributed by atoms with Gasteiger partial charge in [0.1, 0.15) is 0 Å². The summed E-state index contributed by atoms with van der Waals surface area (Å²) in [7, 11) is 3.37. The van der Waals surface area contributed by atoms with Gasteiger partial charge in [0.2, 0.25) is 0 Å². The molecule has 0 radical (unpaired) electrons. The molecule has 0 bridgehead atoms. The Hall–Kier alpha value is -3.26. The summed E-state index contributed by atoms with van der Waals surface area (Å²) >= 11 is 1.29. The van der Waals surface area contributed by atoms with Crippen molar-refractivity contribution in [2.24, 2.45) is 4.99 Å². The molecule has 8 heteroatoms. The van der Waals surface area contributed by atoms with Crippen LogP contribution >= 0.6 is 11.8 Å². The number of benzene rings is 2. The zero-order chi connectivity index (χ0) is 24.1. The summed E-state index contributed by atoms with van der Waals surface area (Å²) < 4.78 is 11.6. The summed E-state index contributed by atoms with van der Waals surface area (Å²) in [5.41, 5.74) is 3.76. The molecule has 174 valence electrons. The van der Waals surface area contributed by atoms with Crippen molar-refractivity contribution in [3.8, 4) is 11.5 Å². The van der Waals surface area contributed by atoms with Gasteiger partial charge in [-0.2, -0.15) is 0 Å². The Morgan fingerprint density at radius 3 is 2.64 bits per heavy atom. The normalized spacial score (nSPS) is 16.6. The summed E-state index contributed by atoms with van der Waals surface area (Å²) in [6.45, 7) is 8.01. The number of aliphatic imine (C=N–C) groups is 1. The van der Waals surface area contributed by atoms with E-state index in [4.69, 9.17) is 9.47 Å². The van der Waals surface area contributed by atoms with Crippen molar-refractivity contribution in [2.45, 2.75) is 33.8 Å². The molecule has 1 saturated heterocycles. The molecule has 0 spiro atoms. The molecule has 1 heterocycles. The molecular formula is C25H29N3O4S. The lowest BCUT2D eigenvalue weighted by Crippen LogP contribution is -2.35. The van der Waals surface area contributed by atoms with Crippen LogP contribution < -0.4 is 14.8 Å². The Labute approximate surface area is 198 Å². The maximum atomic E-state index is 12.5. The molecule has 3 rings (SSSR count). The van der Waals surface area contributed by atoms with Crippen molar-refractivity contribution in [1.82, 2.24) is 10.2 Å². The first-order chi connectivity index (χ1) is 15.7. The predicted octanol–water partition coefficient (Wildman–Crippen LogP) is 4.45. The van der Waals surface area contributed by atoms with E-state index in [1.807, 2.05) is 45.0 Å². The Morgan fingerprint density at radius 2 is 1.94 bits per heavy atom. The zero-order valence-corrected chi connectivity index (χ0v) is 20.6. The van der Waals surface area contributed by atoms with Gasteiger partial charge in [0.15, 0.2) is 22.8 Å².